The third kappa shape index (κ3) is 0.744. The van der Waals surface area contributed by atoms with Crippen molar-refractivity contribution in [1.82, 2.24) is 4.90 Å². The molecule has 0 aromatic carbocycles. The van der Waals surface area contributed by atoms with Gasteiger partial charge < -0.3 is 4.90 Å². The second-order valence-electron chi connectivity index (χ2n) is 1.52. The van der Waals surface area contributed by atoms with Gasteiger partial charge in [-0.1, -0.05) is 6.08 Å². The molecule has 0 bridgehead atoms. The molecule has 0 aromatic heterocycles. The predicted molar refractivity (Wildman–Crippen MR) is 26.4 cm³/mol. The number of hydrogen-bond donors (Lipinski definition) is 0. The van der Waals surface area contributed by atoms with Gasteiger partial charge in [0, 0.05) is 13.1 Å². The Balaban J connectivity index is 2.15. The van der Waals surface area contributed by atoms with Crippen LogP contribution in [0.2, 0.25) is 0 Å². The lowest BCUT2D eigenvalue weighted by Gasteiger charge is -1.81. The van der Waals surface area contributed by atoms with Crippen molar-refractivity contribution in [3.63, 3.8) is 0 Å². The minimum absolute atomic E-state index is 1.27. The lowest BCUT2D eigenvalue weighted by Crippen LogP contribution is -1.75. The van der Waals surface area contributed by atoms with Crippen molar-refractivity contribution in [3.05, 3.63) is 12.3 Å². The van der Waals surface area contributed by atoms with E-state index < -0.39 is 0 Å². The zero-order valence-electron chi connectivity index (χ0n) is 4.02. The van der Waals surface area contributed by atoms with E-state index in [0.29, 0.717) is 0 Å². The zero-order valence-corrected chi connectivity index (χ0v) is 4.02. The van der Waals surface area contributed by atoms with Crippen LogP contribution in [-0.4, -0.2) is 18.0 Å². The molecule has 0 spiro atoms. The Morgan fingerprint density at radius 1 is 1.50 bits per heavy atom. The van der Waals surface area contributed by atoms with Gasteiger partial charge >= 0.3 is 0 Å². The Labute approximate surface area is 38.3 Å². The molecule has 0 saturated carbocycles. The molecule has 1 heterocycles. The summed E-state index contributed by atoms with van der Waals surface area (Å²) in [5, 5.41) is 0. The molecule has 0 unspecified atom stereocenters. The summed E-state index contributed by atoms with van der Waals surface area (Å²) >= 11 is 0. The molecular formula is C5H9N. The first-order valence-electron chi connectivity index (χ1n) is 2.30. The van der Waals surface area contributed by atoms with Gasteiger partial charge in [0.15, 0.2) is 0 Å². The molecule has 1 nitrogen and oxygen atoms in total. The molecule has 0 atom stereocenters. The average molecular weight is 83.1 g/mol. The highest BCUT2D eigenvalue weighted by atomic mass is 15.2. The molecule has 0 N–H and O–H groups in total. The summed E-state index contributed by atoms with van der Waals surface area (Å²) in [5.74, 6) is 0. The van der Waals surface area contributed by atoms with Crippen LogP contribution in [0.1, 0.15) is 6.92 Å². The first-order valence-corrected chi connectivity index (χ1v) is 2.30. The van der Waals surface area contributed by atoms with Gasteiger partial charge in [-0.25, -0.2) is 0 Å². The highest BCUT2D eigenvalue weighted by Gasteiger charge is 2.09. The van der Waals surface area contributed by atoms with Crippen molar-refractivity contribution in [2.75, 3.05) is 13.1 Å². The fourth-order valence-corrected chi connectivity index (χ4v) is 0.418. The largest absolute Gasteiger partial charge is 0.374 e. The van der Waals surface area contributed by atoms with E-state index in [4.69, 9.17) is 0 Å². The van der Waals surface area contributed by atoms with Crippen LogP contribution < -0.4 is 0 Å². The third-order valence-electron chi connectivity index (χ3n) is 0.842. The van der Waals surface area contributed by atoms with Crippen molar-refractivity contribution in [1.29, 1.82) is 0 Å². The van der Waals surface area contributed by atoms with Crippen molar-refractivity contribution in [2.24, 2.45) is 0 Å². The van der Waals surface area contributed by atoms with Crippen LogP contribution in [0.15, 0.2) is 12.3 Å². The van der Waals surface area contributed by atoms with Crippen LogP contribution in [0.5, 0.6) is 0 Å². The Morgan fingerprint density at radius 2 is 2.17 bits per heavy atom. The van der Waals surface area contributed by atoms with Crippen molar-refractivity contribution < 1.29 is 0 Å². The Hall–Kier alpha value is -0.460. The Bertz CT molecular complexity index is 62.3. The molecule has 34 valence electrons. The van der Waals surface area contributed by atoms with Crippen LogP contribution in [0.4, 0.5) is 0 Å². The van der Waals surface area contributed by atoms with E-state index in [9.17, 15) is 0 Å². The van der Waals surface area contributed by atoms with E-state index in [2.05, 4.69) is 17.2 Å². The second kappa shape index (κ2) is 1.33. The second-order valence-corrected chi connectivity index (χ2v) is 1.52. The summed E-state index contributed by atoms with van der Waals surface area (Å²) in [6, 6.07) is 0. The van der Waals surface area contributed by atoms with Gasteiger partial charge in [0.05, 0.1) is 0 Å². The molecule has 0 aliphatic carbocycles. The fraction of sp³-hybridized carbons (Fsp3) is 0.600. The smallest absolute Gasteiger partial charge is 0.0349 e. The number of rotatable bonds is 1. The predicted octanol–water partition coefficient (Wildman–Crippen LogP) is 0.836. The van der Waals surface area contributed by atoms with E-state index in [1.165, 1.54) is 13.1 Å². The molecule has 0 radical (unpaired) electrons. The van der Waals surface area contributed by atoms with Crippen molar-refractivity contribution >= 4 is 0 Å². The third-order valence-corrected chi connectivity index (χ3v) is 0.842. The van der Waals surface area contributed by atoms with Gasteiger partial charge in [-0.05, 0) is 13.1 Å². The first kappa shape index (κ1) is 3.72. The summed E-state index contributed by atoms with van der Waals surface area (Å²) in [6.07, 6.45) is 4.17. The van der Waals surface area contributed by atoms with Crippen LogP contribution in [-0.2, 0) is 0 Å². The van der Waals surface area contributed by atoms with Gasteiger partial charge in [0.25, 0.3) is 0 Å². The SMILES string of the molecule is CC=CN1CC1. The van der Waals surface area contributed by atoms with Gasteiger partial charge in [0.2, 0.25) is 0 Å². The Kier molecular flexibility index (Phi) is 0.825. The standard InChI is InChI=1S/C5H9N/c1-2-3-6-4-5-6/h2-3H,4-5H2,1H3. The Morgan fingerprint density at radius 3 is 2.33 bits per heavy atom. The van der Waals surface area contributed by atoms with Crippen LogP contribution in [0.3, 0.4) is 0 Å². The summed E-state index contributed by atoms with van der Waals surface area (Å²) < 4.78 is 0. The van der Waals surface area contributed by atoms with E-state index in [0.717, 1.165) is 0 Å². The van der Waals surface area contributed by atoms with E-state index in [-0.39, 0.29) is 0 Å². The molecule has 1 aliphatic heterocycles. The lowest BCUT2D eigenvalue weighted by molar-refractivity contribution is 0.771. The van der Waals surface area contributed by atoms with Crippen LogP contribution in [0, 0.1) is 0 Å². The molecule has 1 saturated heterocycles. The van der Waals surface area contributed by atoms with Crippen molar-refractivity contribution in [2.45, 2.75) is 6.92 Å². The molecule has 1 rings (SSSR count). The minimum atomic E-state index is 1.27. The number of nitrogens with zero attached hydrogens (tertiary/aromatic N) is 1. The molecule has 6 heavy (non-hydrogen) atoms. The van der Waals surface area contributed by atoms with E-state index in [1.807, 2.05) is 6.92 Å². The number of hydrogen-bond acceptors (Lipinski definition) is 1. The molecule has 0 aromatic rings. The zero-order chi connectivity index (χ0) is 4.41. The highest BCUT2D eigenvalue weighted by Crippen LogP contribution is 2.01. The summed E-state index contributed by atoms with van der Waals surface area (Å²) in [5.41, 5.74) is 0. The van der Waals surface area contributed by atoms with E-state index >= 15 is 0 Å². The van der Waals surface area contributed by atoms with Crippen molar-refractivity contribution in [3.8, 4) is 0 Å². The summed E-state index contributed by atoms with van der Waals surface area (Å²) in [4.78, 5) is 2.25. The monoisotopic (exact) mass is 83.1 g/mol. The summed E-state index contributed by atoms with van der Waals surface area (Å²) in [6.45, 7) is 4.58. The van der Waals surface area contributed by atoms with Gasteiger partial charge in [-0.3, -0.25) is 0 Å². The average Bonchev–Trinajstić information content (AvgIpc) is 2.21. The number of allylic oxidation sites excluding steroid dienone is 1. The minimum Gasteiger partial charge on any atom is -0.374 e. The fourth-order valence-electron chi connectivity index (χ4n) is 0.418. The van der Waals surface area contributed by atoms with E-state index in [1.54, 1.807) is 0 Å². The topological polar surface area (TPSA) is 3.01 Å². The van der Waals surface area contributed by atoms with Gasteiger partial charge in [0.1, 0.15) is 0 Å². The molecular weight excluding hydrogens is 74.1 g/mol. The van der Waals surface area contributed by atoms with Gasteiger partial charge in [-0.15, -0.1) is 0 Å². The highest BCUT2D eigenvalue weighted by molar-refractivity contribution is 4.87. The molecule has 1 fully saturated rings. The maximum atomic E-state index is 2.25. The summed E-state index contributed by atoms with van der Waals surface area (Å²) in [7, 11) is 0. The van der Waals surface area contributed by atoms with Gasteiger partial charge in [-0.2, -0.15) is 0 Å². The normalized spacial score (nSPS) is 19.8. The molecule has 1 aliphatic rings. The first-order chi connectivity index (χ1) is 2.93. The maximum Gasteiger partial charge on any atom is 0.0349 e. The van der Waals surface area contributed by atoms with Crippen LogP contribution in [0.25, 0.3) is 0 Å². The van der Waals surface area contributed by atoms with Crippen LogP contribution >= 0.6 is 0 Å². The maximum absolute atomic E-state index is 2.25. The lowest BCUT2D eigenvalue weighted by atomic mass is 10.7. The molecule has 1 heteroatoms. The quantitative estimate of drug-likeness (QED) is 0.424. The molecule has 0 amide bonds.